The first-order valence-corrected chi connectivity index (χ1v) is 14.3. The van der Waals surface area contributed by atoms with Crippen molar-refractivity contribution in [3.05, 3.63) is 0 Å². The Hall–Kier alpha value is -1.14. The first kappa shape index (κ1) is 31.1. The summed E-state index contributed by atoms with van der Waals surface area (Å²) in [6.07, 6.45) is 9.50. The van der Waals surface area contributed by atoms with Gasteiger partial charge in [-0.3, -0.25) is 19.4 Å². The van der Waals surface area contributed by atoms with Gasteiger partial charge in [0.15, 0.2) is 0 Å². The summed E-state index contributed by atoms with van der Waals surface area (Å²) in [7, 11) is 4.39. The van der Waals surface area contributed by atoms with E-state index in [2.05, 4.69) is 79.3 Å². The molecule has 0 aliphatic carbocycles. The Bertz CT molecular complexity index is 722. The van der Waals surface area contributed by atoms with Crippen molar-refractivity contribution in [2.75, 3.05) is 14.1 Å². The molecule has 0 radical (unpaired) electrons. The molecule has 1 N–H and O–H groups in total. The number of carbonyl (C=O) groups excluding carboxylic acids is 1. The summed E-state index contributed by atoms with van der Waals surface area (Å²) in [5.41, 5.74) is 0.0178. The van der Waals surface area contributed by atoms with Gasteiger partial charge >= 0.3 is 11.9 Å². The van der Waals surface area contributed by atoms with E-state index in [0.29, 0.717) is 5.92 Å². The number of ether oxygens (including phenoxy) is 1. The minimum atomic E-state index is -0.717. The Kier molecular flexibility index (Phi) is 10.1. The normalized spacial score (nSPS) is 25.4. The van der Waals surface area contributed by atoms with Crippen molar-refractivity contribution in [2.24, 2.45) is 11.8 Å². The van der Waals surface area contributed by atoms with E-state index in [-0.39, 0.29) is 46.6 Å². The fourth-order valence-electron chi connectivity index (χ4n) is 7.06. The van der Waals surface area contributed by atoms with Crippen molar-refractivity contribution in [3.8, 4) is 0 Å². The fourth-order valence-corrected chi connectivity index (χ4v) is 7.06. The highest BCUT2D eigenvalue weighted by Gasteiger charge is 2.48. The van der Waals surface area contributed by atoms with Gasteiger partial charge in [0, 0.05) is 41.4 Å². The lowest BCUT2D eigenvalue weighted by Crippen LogP contribution is -2.61. The minimum Gasteiger partial charge on any atom is -0.481 e. The summed E-state index contributed by atoms with van der Waals surface area (Å²) in [6, 6.07) is 0. The number of unbranched alkanes of at least 4 members (excludes halogenated alkanes) is 4. The Morgan fingerprint density at radius 3 is 1.64 bits per heavy atom. The first-order chi connectivity index (χ1) is 16.4. The first-order valence-electron chi connectivity index (χ1n) is 14.3. The number of esters is 1. The predicted molar refractivity (Wildman–Crippen MR) is 147 cm³/mol. The zero-order chi connectivity index (χ0) is 27.5. The lowest BCUT2D eigenvalue weighted by atomic mass is 9.68. The Morgan fingerprint density at radius 2 is 1.17 bits per heavy atom. The van der Waals surface area contributed by atoms with Gasteiger partial charge in [0.2, 0.25) is 0 Å². The summed E-state index contributed by atoms with van der Waals surface area (Å²) in [5, 5.41) is 8.85. The van der Waals surface area contributed by atoms with Crippen LogP contribution in [0.3, 0.4) is 0 Å². The molecule has 0 amide bonds. The molecule has 0 aromatic carbocycles. The van der Waals surface area contributed by atoms with Crippen molar-refractivity contribution >= 4 is 11.9 Å². The van der Waals surface area contributed by atoms with Crippen molar-refractivity contribution in [2.45, 2.75) is 154 Å². The van der Waals surface area contributed by atoms with Gasteiger partial charge in [-0.15, -0.1) is 0 Å². The SMILES string of the molecule is CN1C(C)(C)CC(OC(=O)C(CCCCCCCC(=O)O)C2CC(C)(C)N(C)C(C)(C)C2)CC1(C)C. The van der Waals surface area contributed by atoms with Gasteiger partial charge in [0.1, 0.15) is 6.10 Å². The molecule has 0 aromatic rings. The number of hydrogen-bond acceptors (Lipinski definition) is 5. The quantitative estimate of drug-likeness (QED) is 0.253. The number of hydrogen-bond donors (Lipinski definition) is 1. The van der Waals surface area contributed by atoms with E-state index in [4.69, 9.17) is 9.84 Å². The average Bonchev–Trinajstić information content (AvgIpc) is 2.71. The second-order valence-corrected chi connectivity index (χ2v) is 14.3. The van der Waals surface area contributed by atoms with Gasteiger partial charge in [-0.05, 0) is 101 Å². The highest BCUT2D eigenvalue weighted by atomic mass is 16.5. The summed E-state index contributed by atoms with van der Waals surface area (Å²) < 4.78 is 6.37. The summed E-state index contributed by atoms with van der Waals surface area (Å²) in [5.74, 6) is -0.492. The molecular weight excluding hydrogens is 452 g/mol. The van der Waals surface area contributed by atoms with Crippen molar-refractivity contribution in [1.29, 1.82) is 0 Å². The third-order valence-corrected chi connectivity index (χ3v) is 9.67. The van der Waals surface area contributed by atoms with Crippen molar-refractivity contribution in [3.63, 3.8) is 0 Å². The molecule has 2 rings (SSSR count). The van der Waals surface area contributed by atoms with Crippen LogP contribution in [0.2, 0.25) is 0 Å². The molecule has 2 saturated heterocycles. The van der Waals surface area contributed by atoms with E-state index in [1.165, 1.54) is 0 Å². The maximum Gasteiger partial charge on any atom is 0.309 e. The number of piperidine rings is 2. The van der Waals surface area contributed by atoms with Crippen LogP contribution in [0, 0.1) is 11.8 Å². The average molecular weight is 509 g/mol. The van der Waals surface area contributed by atoms with Crippen LogP contribution in [-0.2, 0) is 14.3 Å². The lowest BCUT2D eigenvalue weighted by Gasteiger charge is -2.55. The maximum absolute atomic E-state index is 13.8. The van der Waals surface area contributed by atoms with Crippen molar-refractivity contribution < 1.29 is 19.4 Å². The lowest BCUT2D eigenvalue weighted by molar-refractivity contribution is -0.168. The third kappa shape index (κ3) is 7.93. The molecule has 210 valence electrons. The predicted octanol–water partition coefficient (Wildman–Crippen LogP) is 6.51. The molecule has 6 nitrogen and oxygen atoms in total. The highest BCUT2D eigenvalue weighted by Crippen LogP contribution is 2.45. The van der Waals surface area contributed by atoms with Crippen LogP contribution in [0.15, 0.2) is 0 Å². The standard InChI is InChI=1S/C30H56N2O4/c1-27(2)18-22(19-28(3,4)31(27)9)24(16-14-12-11-13-15-17-25(33)34)26(35)36-23-20-29(5,6)32(10)30(7,8)21-23/h22-24H,11-21H2,1-10H3,(H,33,34). The second kappa shape index (κ2) is 11.7. The molecule has 0 saturated carbocycles. The van der Waals surface area contributed by atoms with Crippen LogP contribution in [0.5, 0.6) is 0 Å². The van der Waals surface area contributed by atoms with Gasteiger partial charge < -0.3 is 9.84 Å². The molecule has 0 bridgehead atoms. The largest absolute Gasteiger partial charge is 0.481 e. The van der Waals surface area contributed by atoms with Crippen LogP contribution < -0.4 is 0 Å². The fraction of sp³-hybridized carbons (Fsp3) is 0.933. The van der Waals surface area contributed by atoms with Crippen LogP contribution in [0.25, 0.3) is 0 Å². The molecule has 36 heavy (non-hydrogen) atoms. The molecule has 0 aromatic heterocycles. The smallest absolute Gasteiger partial charge is 0.309 e. The molecule has 2 aliphatic heterocycles. The summed E-state index contributed by atoms with van der Waals surface area (Å²) in [6.45, 7) is 18.2. The van der Waals surface area contributed by atoms with Gasteiger partial charge in [-0.1, -0.05) is 25.7 Å². The summed E-state index contributed by atoms with van der Waals surface area (Å²) in [4.78, 5) is 29.5. The van der Waals surface area contributed by atoms with Crippen LogP contribution >= 0.6 is 0 Å². The third-order valence-electron chi connectivity index (χ3n) is 9.67. The molecular formula is C30H56N2O4. The molecule has 6 heteroatoms. The number of nitrogens with zero attached hydrogens (tertiary/aromatic N) is 2. The van der Waals surface area contributed by atoms with Crippen LogP contribution in [-0.4, -0.2) is 69.2 Å². The van der Waals surface area contributed by atoms with E-state index in [0.717, 1.165) is 64.2 Å². The van der Waals surface area contributed by atoms with Crippen LogP contribution in [0.1, 0.15) is 126 Å². The highest BCUT2D eigenvalue weighted by molar-refractivity contribution is 5.73. The van der Waals surface area contributed by atoms with E-state index in [9.17, 15) is 9.59 Å². The van der Waals surface area contributed by atoms with E-state index >= 15 is 0 Å². The van der Waals surface area contributed by atoms with Crippen LogP contribution in [0.4, 0.5) is 0 Å². The Labute approximate surface area is 221 Å². The zero-order valence-electron chi connectivity index (χ0n) is 25.1. The van der Waals surface area contributed by atoms with Crippen molar-refractivity contribution in [1.82, 2.24) is 9.80 Å². The number of carbonyl (C=O) groups is 2. The zero-order valence-corrected chi connectivity index (χ0v) is 25.1. The maximum atomic E-state index is 13.8. The van der Waals surface area contributed by atoms with Gasteiger partial charge in [0.05, 0.1) is 5.92 Å². The van der Waals surface area contributed by atoms with E-state index in [1.54, 1.807) is 0 Å². The molecule has 0 spiro atoms. The number of carboxylic acid groups (broad SMARTS) is 1. The minimum absolute atomic E-state index is 0.00295. The number of carboxylic acids is 1. The number of aliphatic carboxylic acids is 1. The number of likely N-dealkylation sites (tertiary alicyclic amines) is 2. The Morgan fingerprint density at radius 1 is 0.750 bits per heavy atom. The van der Waals surface area contributed by atoms with Gasteiger partial charge in [-0.25, -0.2) is 0 Å². The van der Waals surface area contributed by atoms with E-state index < -0.39 is 5.97 Å². The van der Waals surface area contributed by atoms with E-state index in [1.807, 2.05) is 0 Å². The number of rotatable bonds is 11. The molecule has 2 aliphatic rings. The Balaban J connectivity index is 2.12. The van der Waals surface area contributed by atoms with Gasteiger partial charge in [-0.2, -0.15) is 0 Å². The topological polar surface area (TPSA) is 70.1 Å². The molecule has 2 heterocycles. The summed E-state index contributed by atoms with van der Waals surface area (Å²) >= 11 is 0. The molecule has 1 unspecified atom stereocenters. The molecule has 2 fully saturated rings. The molecule has 1 atom stereocenters. The van der Waals surface area contributed by atoms with Gasteiger partial charge in [0.25, 0.3) is 0 Å². The monoisotopic (exact) mass is 508 g/mol. The second-order valence-electron chi connectivity index (χ2n) is 14.3.